The molecule has 0 saturated heterocycles. The van der Waals surface area contributed by atoms with E-state index in [9.17, 15) is 9.59 Å². The minimum atomic E-state index is -0.657. The highest BCUT2D eigenvalue weighted by Crippen LogP contribution is 2.11. The van der Waals surface area contributed by atoms with Crippen LogP contribution in [0.2, 0.25) is 0 Å². The topological polar surface area (TPSA) is 52.7 Å². The van der Waals surface area contributed by atoms with Crippen LogP contribution in [0.5, 0.6) is 0 Å². The molecule has 0 unspecified atom stereocenters. The summed E-state index contributed by atoms with van der Waals surface area (Å²) in [5.74, 6) is 0.137. The monoisotopic (exact) mass is 297 g/mol. The normalized spacial score (nSPS) is 13.2. The van der Waals surface area contributed by atoms with Crippen LogP contribution < -0.4 is 5.32 Å². The van der Waals surface area contributed by atoms with Crippen LogP contribution in [0.25, 0.3) is 0 Å². The summed E-state index contributed by atoms with van der Waals surface area (Å²) < 4.78 is 0. The average Bonchev–Trinajstić information content (AvgIpc) is 2.36. The number of likely N-dealkylation sites (N-methyl/N-ethyl adjacent to an activating group) is 1. The molecule has 1 atom stereocenters. The summed E-state index contributed by atoms with van der Waals surface area (Å²) in [6.45, 7) is 14.3. The van der Waals surface area contributed by atoms with Crippen molar-refractivity contribution < 1.29 is 9.59 Å². The summed E-state index contributed by atoms with van der Waals surface area (Å²) in [4.78, 5) is 28.3. The largest absolute Gasteiger partial charge is 0.343 e. The summed E-state index contributed by atoms with van der Waals surface area (Å²) in [7, 11) is 3.68. The highest BCUT2D eigenvalue weighted by Gasteiger charge is 2.32. The number of carbonyl (C=O) groups excluding carboxylic acids is 2. The first-order valence-electron chi connectivity index (χ1n) is 7.42. The van der Waals surface area contributed by atoms with Crippen LogP contribution in [0.15, 0.2) is 12.7 Å². The van der Waals surface area contributed by atoms with E-state index < -0.39 is 11.6 Å². The van der Waals surface area contributed by atoms with Crippen LogP contribution in [-0.2, 0) is 9.59 Å². The molecule has 122 valence electrons. The van der Waals surface area contributed by atoms with Gasteiger partial charge in [-0.3, -0.25) is 14.5 Å². The Labute approximate surface area is 129 Å². The molecule has 0 radical (unpaired) electrons. The van der Waals surface area contributed by atoms with Gasteiger partial charge in [0.1, 0.15) is 6.04 Å². The second-order valence-corrected chi connectivity index (χ2v) is 6.57. The molecule has 0 aliphatic rings. The van der Waals surface area contributed by atoms with Crippen LogP contribution in [0, 0.1) is 5.92 Å². The first kappa shape index (κ1) is 19.6. The molecule has 0 rings (SSSR count). The van der Waals surface area contributed by atoms with Crippen molar-refractivity contribution in [2.45, 2.75) is 46.2 Å². The lowest BCUT2D eigenvalue weighted by Gasteiger charge is -2.33. The highest BCUT2D eigenvalue weighted by atomic mass is 16.2. The van der Waals surface area contributed by atoms with Crippen LogP contribution in [0.4, 0.5) is 0 Å². The quantitative estimate of drug-likeness (QED) is 0.691. The minimum Gasteiger partial charge on any atom is -0.343 e. The fourth-order valence-electron chi connectivity index (χ4n) is 1.76. The zero-order valence-electron chi connectivity index (χ0n) is 14.6. The fourth-order valence-corrected chi connectivity index (χ4v) is 1.76. The van der Waals surface area contributed by atoms with Gasteiger partial charge >= 0.3 is 0 Å². The van der Waals surface area contributed by atoms with Crippen LogP contribution >= 0.6 is 0 Å². The highest BCUT2D eigenvalue weighted by molar-refractivity contribution is 5.91. The molecule has 1 N–H and O–H groups in total. The van der Waals surface area contributed by atoms with E-state index in [2.05, 4.69) is 25.7 Å². The summed E-state index contributed by atoms with van der Waals surface area (Å²) in [5, 5.41) is 2.81. The standard InChI is InChI=1S/C16H31N3O2/c1-9-10-19(11-12(2)3)14(20)13(4)17-15(21)16(5,6)18(7)8/h9,12-13H,1,10-11H2,2-8H3,(H,17,21)/t13-/m0/s1. The van der Waals surface area contributed by atoms with Crippen molar-refractivity contribution in [2.24, 2.45) is 5.92 Å². The van der Waals surface area contributed by atoms with E-state index in [4.69, 9.17) is 0 Å². The maximum atomic E-state index is 12.5. The number of hydrogen-bond acceptors (Lipinski definition) is 3. The van der Waals surface area contributed by atoms with Gasteiger partial charge in [-0.05, 0) is 40.8 Å². The van der Waals surface area contributed by atoms with Crippen LogP contribution in [-0.4, -0.2) is 60.4 Å². The van der Waals surface area contributed by atoms with Crippen molar-refractivity contribution in [3.8, 4) is 0 Å². The molecule has 0 heterocycles. The summed E-state index contributed by atoms with van der Waals surface area (Å²) in [5.41, 5.74) is -0.657. The van der Waals surface area contributed by atoms with Crippen LogP contribution in [0.1, 0.15) is 34.6 Å². The van der Waals surface area contributed by atoms with Gasteiger partial charge in [0.2, 0.25) is 11.8 Å². The van der Waals surface area contributed by atoms with Gasteiger partial charge in [-0.15, -0.1) is 6.58 Å². The molecule has 0 aliphatic carbocycles. The first-order chi connectivity index (χ1) is 9.53. The van der Waals surface area contributed by atoms with Crippen molar-refractivity contribution in [3.63, 3.8) is 0 Å². The molecule has 0 aromatic heterocycles. The van der Waals surface area contributed by atoms with E-state index in [0.717, 1.165) is 0 Å². The second-order valence-electron chi connectivity index (χ2n) is 6.57. The van der Waals surface area contributed by atoms with E-state index in [1.165, 1.54) is 0 Å². The smallest absolute Gasteiger partial charge is 0.245 e. The number of carbonyl (C=O) groups is 2. The Hall–Kier alpha value is -1.36. The molecule has 5 heteroatoms. The Kier molecular flexibility index (Phi) is 7.64. The van der Waals surface area contributed by atoms with Crippen molar-refractivity contribution in [3.05, 3.63) is 12.7 Å². The van der Waals surface area contributed by atoms with Crippen molar-refractivity contribution >= 4 is 11.8 Å². The van der Waals surface area contributed by atoms with E-state index >= 15 is 0 Å². The lowest BCUT2D eigenvalue weighted by molar-refractivity contribution is -0.138. The van der Waals surface area contributed by atoms with Gasteiger partial charge in [-0.1, -0.05) is 19.9 Å². The Balaban J connectivity index is 4.83. The van der Waals surface area contributed by atoms with Gasteiger partial charge in [0.25, 0.3) is 0 Å². The van der Waals surface area contributed by atoms with Gasteiger partial charge in [-0.2, -0.15) is 0 Å². The number of rotatable bonds is 8. The molecule has 0 spiro atoms. The van der Waals surface area contributed by atoms with E-state index in [-0.39, 0.29) is 11.8 Å². The van der Waals surface area contributed by atoms with E-state index in [0.29, 0.717) is 19.0 Å². The average molecular weight is 297 g/mol. The molecule has 0 aliphatic heterocycles. The van der Waals surface area contributed by atoms with Crippen molar-refractivity contribution in [2.75, 3.05) is 27.2 Å². The lowest BCUT2D eigenvalue weighted by atomic mass is 10.0. The zero-order chi connectivity index (χ0) is 16.8. The minimum absolute atomic E-state index is 0.0773. The van der Waals surface area contributed by atoms with E-state index in [1.54, 1.807) is 17.9 Å². The van der Waals surface area contributed by atoms with Crippen molar-refractivity contribution in [1.29, 1.82) is 0 Å². The third kappa shape index (κ3) is 5.87. The number of nitrogens with zero attached hydrogens (tertiary/aromatic N) is 2. The molecule has 21 heavy (non-hydrogen) atoms. The maximum absolute atomic E-state index is 12.5. The van der Waals surface area contributed by atoms with Crippen LogP contribution in [0.3, 0.4) is 0 Å². The van der Waals surface area contributed by atoms with Gasteiger partial charge in [0.15, 0.2) is 0 Å². The summed E-state index contributed by atoms with van der Waals surface area (Å²) in [6.07, 6.45) is 1.71. The second kappa shape index (κ2) is 8.17. The molecular formula is C16H31N3O2. The predicted octanol–water partition coefficient (Wildman–Crippen LogP) is 1.50. The third-order valence-corrected chi connectivity index (χ3v) is 3.64. The van der Waals surface area contributed by atoms with E-state index in [1.807, 2.05) is 32.8 Å². The molecule has 0 aromatic rings. The molecular weight excluding hydrogens is 266 g/mol. The Bertz CT molecular complexity index is 376. The molecule has 5 nitrogen and oxygen atoms in total. The number of hydrogen-bond donors (Lipinski definition) is 1. The Morgan fingerprint density at radius 3 is 2.14 bits per heavy atom. The predicted molar refractivity (Wildman–Crippen MR) is 87.0 cm³/mol. The number of nitrogens with one attached hydrogen (secondary N) is 1. The Morgan fingerprint density at radius 2 is 1.76 bits per heavy atom. The number of amides is 2. The SMILES string of the molecule is C=CCN(CC(C)C)C(=O)[C@H](C)NC(=O)C(C)(C)N(C)C. The van der Waals surface area contributed by atoms with Gasteiger partial charge in [0.05, 0.1) is 5.54 Å². The lowest BCUT2D eigenvalue weighted by Crippen LogP contribution is -2.57. The molecule has 0 bridgehead atoms. The van der Waals surface area contributed by atoms with Gasteiger partial charge in [-0.25, -0.2) is 0 Å². The zero-order valence-corrected chi connectivity index (χ0v) is 14.6. The summed E-state index contributed by atoms with van der Waals surface area (Å²) in [6, 6.07) is -0.546. The maximum Gasteiger partial charge on any atom is 0.245 e. The molecule has 0 aromatic carbocycles. The van der Waals surface area contributed by atoms with Gasteiger partial charge < -0.3 is 10.2 Å². The summed E-state index contributed by atoms with van der Waals surface area (Å²) >= 11 is 0. The first-order valence-corrected chi connectivity index (χ1v) is 7.42. The third-order valence-electron chi connectivity index (χ3n) is 3.64. The fraction of sp³-hybridized carbons (Fsp3) is 0.750. The van der Waals surface area contributed by atoms with Gasteiger partial charge in [0, 0.05) is 13.1 Å². The molecule has 0 fully saturated rings. The molecule has 2 amide bonds. The Morgan fingerprint density at radius 1 is 1.24 bits per heavy atom. The molecule has 0 saturated carbocycles. The van der Waals surface area contributed by atoms with Crippen molar-refractivity contribution in [1.82, 2.24) is 15.1 Å².